The Kier molecular flexibility index (Phi) is 7.33. The van der Waals surface area contributed by atoms with Crippen LogP contribution in [0.5, 0.6) is 11.5 Å². The van der Waals surface area contributed by atoms with Gasteiger partial charge in [0.25, 0.3) is 0 Å². The average molecular weight is 418 g/mol. The number of amides is 1. The first kappa shape index (κ1) is 22.0. The fourth-order valence-corrected chi connectivity index (χ4v) is 3.42. The largest absolute Gasteiger partial charge is 0.508 e. The van der Waals surface area contributed by atoms with Gasteiger partial charge in [0.1, 0.15) is 18.1 Å². The van der Waals surface area contributed by atoms with E-state index in [-0.39, 0.29) is 12.4 Å². The van der Waals surface area contributed by atoms with Gasteiger partial charge >= 0.3 is 6.09 Å². The van der Waals surface area contributed by atoms with Gasteiger partial charge in [-0.15, -0.1) is 0 Å². The summed E-state index contributed by atoms with van der Waals surface area (Å²) in [5, 5.41) is 18.7. The molecule has 0 saturated heterocycles. The van der Waals surface area contributed by atoms with E-state index < -0.39 is 6.09 Å². The van der Waals surface area contributed by atoms with Crippen LogP contribution in [0.25, 0.3) is 11.1 Å². The minimum atomic E-state index is -0.976. The second-order valence-electron chi connectivity index (χ2n) is 7.20. The number of benzene rings is 3. The van der Waals surface area contributed by atoms with Crippen LogP contribution in [0.4, 0.5) is 4.79 Å². The van der Waals surface area contributed by atoms with Gasteiger partial charge in [-0.2, -0.15) is 0 Å². The lowest BCUT2D eigenvalue weighted by atomic mass is 9.88. The molecule has 0 fully saturated rings. The maximum Gasteiger partial charge on any atom is 0.407 e. The highest BCUT2D eigenvalue weighted by atomic mass is 16.5. The zero-order valence-corrected chi connectivity index (χ0v) is 17.8. The Morgan fingerprint density at radius 1 is 0.871 bits per heavy atom. The molecule has 0 saturated carbocycles. The Labute approximate surface area is 182 Å². The van der Waals surface area contributed by atoms with E-state index in [1.807, 2.05) is 54.6 Å². The maximum atomic E-state index is 10.9. The van der Waals surface area contributed by atoms with Crippen molar-refractivity contribution in [3.8, 4) is 11.5 Å². The molecular formula is C26H27NO4. The van der Waals surface area contributed by atoms with Crippen LogP contribution in [0, 0.1) is 0 Å². The summed E-state index contributed by atoms with van der Waals surface area (Å²) >= 11 is 0. The Hall–Kier alpha value is -3.73. The number of carbonyl (C=O) groups is 1. The van der Waals surface area contributed by atoms with Crippen LogP contribution in [-0.4, -0.2) is 41.4 Å². The zero-order valence-electron chi connectivity index (χ0n) is 17.8. The van der Waals surface area contributed by atoms with Crippen molar-refractivity contribution in [2.75, 3.05) is 20.2 Å². The molecule has 2 N–H and O–H groups in total. The summed E-state index contributed by atoms with van der Waals surface area (Å²) in [4.78, 5) is 12.1. The van der Waals surface area contributed by atoms with E-state index in [2.05, 4.69) is 19.1 Å². The zero-order chi connectivity index (χ0) is 22.2. The average Bonchev–Trinajstić information content (AvgIpc) is 2.79. The summed E-state index contributed by atoms with van der Waals surface area (Å²) in [7, 11) is 1.51. The number of allylic oxidation sites excluding steroid dienone is 1. The lowest BCUT2D eigenvalue weighted by molar-refractivity contribution is 0.147. The minimum Gasteiger partial charge on any atom is -0.508 e. The Morgan fingerprint density at radius 3 is 2.00 bits per heavy atom. The summed E-state index contributed by atoms with van der Waals surface area (Å²) in [5.74, 6) is 0.918. The Balaban J connectivity index is 1.94. The van der Waals surface area contributed by atoms with E-state index in [4.69, 9.17) is 9.84 Å². The first-order chi connectivity index (χ1) is 15.0. The second-order valence-corrected chi connectivity index (χ2v) is 7.20. The quantitative estimate of drug-likeness (QED) is 0.458. The summed E-state index contributed by atoms with van der Waals surface area (Å²) in [6.45, 7) is 2.72. The van der Waals surface area contributed by atoms with Crippen LogP contribution in [0.15, 0.2) is 78.9 Å². The highest BCUT2D eigenvalue weighted by Crippen LogP contribution is 2.35. The number of aromatic hydroxyl groups is 1. The molecule has 3 aromatic rings. The number of hydrogen-bond donors (Lipinski definition) is 2. The summed E-state index contributed by atoms with van der Waals surface area (Å²) in [5.41, 5.74) is 5.54. The molecule has 0 aliphatic rings. The molecule has 0 unspecified atom stereocenters. The summed E-state index contributed by atoms with van der Waals surface area (Å²) in [6, 6.07) is 25.3. The molecule has 0 heterocycles. The Morgan fingerprint density at radius 2 is 1.45 bits per heavy atom. The third-order valence-corrected chi connectivity index (χ3v) is 5.10. The van der Waals surface area contributed by atoms with Crippen molar-refractivity contribution >= 4 is 17.2 Å². The first-order valence-corrected chi connectivity index (χ1v) is 10.2. The fourth-order valence-electron chi connectivity index (χ4n) is 3.42. The van der Waals surface area contributed by atoms with Crippen molar-refractivity contribution in [1.82, 2.24) is 4.90 Å². The van der Waals surface area contributed by atoms with Gasteiger partial charge in [0.05, 0.1) is 6.54 Å². The van der Waals surface area contributed by atoms with Crippen LogP contribution in [0.3, 0.4) is 0 Å². The van der Waals surface area contributed by atoms with E-state index in [0.717, 1.165) is 28.7 Å². The smallest absolute Gasteiger partial charge is 0.407 e. The third-order valence-electron chi connectivity index (χ3n) is 5.10. The van der Waals surface area contributed by atoms with Crippen molar-refractivity contribution in [1.29, 1.82) is 0 Å². The predicted molar refractivity (Wildman–Crippen MR) is 123 cm³/mol. The SMILES string of the molecule is CCC(=C(c1ccc(O)cc1)c1ccc(OCCN(C)C(=O)O)cc1)c1ccccc1. The molecule has 3 rings (SSSR count). The van der Waals surface area contributed by atoms with Gasteiger partial charge in [0.2, 0.25) is 0 Å². The van der Waals surface area contributed by atoms with Crippen molar-refractivity contribution in [2.45, 2.75) is 13.3 Å². The molecule has 0 aliphatic carbocycles. The molecule has 3 aromatic carbocycles. The van der Waals surface area contributed by atoms with Crippen LogP contribution >= 0.6 is 0 Å². The lowest BCUT2D eigenvalue weighted by Gasteiger charge is -2.17. The molecule has 0 spiro atoms. The van der Waals surface area contributed by atoms with Crippen molar-refractivity contribution in [2.24, 2.45) is 0 Å². The topological polar surface area (TPSA) is 70.0 Å². The molecular weight excluding hydrogens is 390 g/mol. The number of phenols is 1. The number of likely N-dealkylation sites (N-methyl/N-ethyl adjacent to an activating group) is 1. The van der Waals surface area contributed by atoms with E-state index in [0.29, 0.717) is 12.3 Å². The first-order valence-electron chi connectivity index (χ1n) is 10.2. The fraction of sp³-hybridized carbons (Fsp3) is 0.192. The number of nitrogens with zero attached hydrogens (tertiary/aromatic N) is 1. The number of hydrogen-bond acceptors (Lipinski definition) is 3. The Bertz CT molecular complexity index is 1030. The molecule has 0 atom stereocenters. The lowest BCUT2D eigenvalue weighted by Crippen LogP contribution is -2.29. The van der Waals surface area contributed by atoms with Crippen LogP contribution < -0.4 is 4.74 Å². The number of rotatable bonds is 8. The summed E-state index contributed by atoms with van der Waals surface area (Å²) in [6.07, 6.45) is -0.129. The second kappa shape index (κ2) is 10.3. The van der Waals surface area contributed by atoms with Crippen LogP contribution in [-0.2, 0) is 0 Å². The molecule has 160 valence electrons. The standard InChI is InChI=1S/C26H27NO4/c1-3-24(19-7-5-4-6-8-19)25(20-9-13-22(28)14-10-20)21-11-15-23(16-12-21)31-18-17-27(2)26(29)30/h4-16,28H,3,17-18H2,1-2H3,(H,29,30). The maximum absolute atomic E-state index is 10.9. The molecule has 5 heteroatoms. The van der Waals surface area contributed by atoms with Gasteiger partial charge in [0.15, 0.2) is 0 Å². The molecule has 0 bridgehead atoms. The van der Waals surface area contributed by atoms with Crippen molar-refractivity contribution < 1.29 is 19.7 Å². The van der Waals surface area contributed by atoms with Gasteiger partial charge < -0.3 is 19.8 Å². The van der Waals surface area contributed by atoms with Crippen molar-refractivity contribution in [3.63, 3.8) is 0 Å². The van der Waals surface area contributed by atoms with Gasteiger partial charge in [-0.3, -0.25) is 0 Å². The number of ether oxygens (including phenoxy) is 1. The molecule has 0 aliphatic heterocycles. The van der Waals surface area contributed by atoms with Gasteiger partial charge in [0, 0.05) is 7.05 Å². The molecule has 0 aromatic heterocycles. The monoisotopic (exact) mass is 417 g/mol. The predicted octanol–water partition coefficient (Wildman–Crippen LogP) is 5.75. The van der Waals surface area contributed by atoms with E-state index in [1.165, 1.54) is 17.5 Å². The van der Waals surface area contributed by atoms with Gasteiger partial charge in [-0.05, 0) is 58.5 Å². The minimum absolute atomic E-state index is 0.232. The van der Waals surface area contributed by atoms with Crippen molar-refractivity contribution in [3.05, 3.63) is 95.6 Å². The normalized spacial score (nSPS) is 11.5. The molecule has 5 nitrogen and oxygen atoms in total. The third kappa shape index (κ3) is 5.66. The molecule has 31 heavy (non-hydrogen) atoms. The van der Waals surface area contributed by atoms with E-state index >= 15 is 0 Å². The van der Waals surface area contributed by atoms with Gasteiger partial charge in [-0.25, -0.2) is 4.79 Å². The number of phenolic OH excluding ortho intramolecular Hbond substituents is 1. The molecule has 1 amide bonds. The van der Waals surface area contributed by atoms with E-state index in [9.17, 15) is 9.90 Å². The highest BCUT2D eigenvalue weighted by Gasteiger charge is 2.13. The summed E-state index contributed by atoms with van der Waals surface area (Å²) < 4.78 is 5.70. The highest BCUT2D eigenvalue weighted by molar-refractivity contribution is 5.98. The molecule has 0 radical (unpaired) electrons. The van der Waals surface area contributed by atoms with Crippen LogP contribution in [0.2, 0.25) is 0 Å². The van der Waals surface area contributed by atoms with Gasteiger partial charge in [-0.1, -0.05) is 61.5 Å². The van der Waals surface area contributed by atoms with Crippen LogP contribution in [0.1, 0.15) is 30.0 Å². The number of carboxylic acid groups (broad SMARTS) is 1. The van der Waals surface area contributed by atoms with E-state index in [1.54, 1.807) is 12.1 Å².